The van der Waals surface area contributed by atoms with E-state index in [4.69, 9.17) is 9.47 Å². The lowest BCUT2D eigenvalue weighted by Crippen LogP contribution is -2.54. The summed E-state index contributed by atoms with van der Waals surface area (Å²) in [6.45, 7) is 13.0. The molecule has 86 valence electrons. The van der Waals surface area contributed by atoms with Crippen LogP contribution >= 0.6 is 0 Å². The van der Waals surface area contributed by atoms with Gasteiger partial charge in [-0.2, -0.15) is 0 Å². The average molecular weight is 210 g/mol. The summed E-state index contributed by atoms with van der Waals surface area (Å²) in [5.74, 6) is 0. The van der Waals surface area contributed by atoms with E-state index in [-0.39, 0.29) is 28.8 Å². The zero-order chi connectivity index (χ0) is 11.5. The molecule has 3 unspecified atom stereocenters. The maximum atomic E-state index is 6.17. The Balaban J connectivity index is 2.39. The monoisotopic (exact) mass is 210 g/mol. The predicted molar refractivity (Wildman–Crippen MR) is 60.8 cm³/mol. The van der Waals surface area contributed by atoms with Crippen molar-refractivity contribution in [3.05, 3.63) is 12.2 Å². The van der Waals surface area contributed by atoms with Crippen LogP contribution in [0.5, 0.6) is 0 Å². The Morgan fingerprint density at radius 1 is 1.13 bits per heavy atom. The van der Waals surface area contributed by atoms with Crippen LogP contribution in [-0.2, 0) is 9.47 Å². The fraction of sp³-hybridized carbons (Fsp3) is 0.846. The summed E-state index contributed by atoms with van der Waals surface area (Å²) in [5.41, 5.74) is -0.390. The molecule has 0 saturated carbocycles. The van der Waals surface area contributed by atoms with Crippen LogP contribution in [0.15, 0.2) is 12.2 Å². The third-order valence-electron chi connectivity index (χ3n) is 3.97. The molecule has 2 rings (SSSR count). The van der Waals surface area contributed by atoms with Crippen LogP contribution in [0.25, 0.3) is 0 Å². The first-order chi connectivity index (χ1) is 6.73. The Morgan fingerprint density at radius 3 is 1.93 bits per heavy atom. The van der Waals surface area contributed by atoms with Crippen LogP contribution in [-0.4, -0.2) is 23.4 Å². The second kappa shape index (κ2) is 2.86. The molecule has 1 saturated heterocycles. The quantitative estimate of drug-likeness (QED) is 0.490. The van der Waals surface area contributed by atoms with E-state index >= 15 is 0 Å². The highest BCUT2D eigenvalue weighted by Gasteiger charge is 2.69. The fourth-order valence-corrected chi connectivity index (χ4v) is 2.82. The van der Waals surface area contributed by atoms with Crippen molar-refractivity contribution in [2.75, 3.05) is 0 Å². The predicted octanol–water partition coefficient (Wildman–Crippen LogP) is 2.92. The Bertz CT molecular complexity index is 302. The third-order valence-corrected chi connectivity index (χ3v) is 3.97. The molecule has 0 bridgehead atoms. The summed E-state index contributed by atoms with van der Waals surface area (Å²) in [7, 11) is 0. The molecule has 0 radical (unpaired) electrons. The number of hydrogen-bond donors (Lipinski definition) is 0. The maximum Gasteiger partial charge on any atom is 0.125 e. The van der Waals surface area contributed by atoms with E-state index in [9.17, 15) is 0 Å². The minimum Gasteiger partial charge on any atom is -0.363 e. The summed E-state index contributed by atoms with van der Waals surface area (Å²) in [4.78, 5) is 0. The normalized spacial score (nSPS) is 49.7. The van der Waals surface area contributed by atoms with Gasteiger partial charge in [0.25, 0.3) is 0 Å². The molecule has 2 aliphatic heterocycles. The smallest absolute Gasteiger partial charge is 0.125 e. The number of rotatable bonds is 1. The highest BCUT2D eigenvalue weighted by Crippen LogP contribution is 2.57. The van der Waals surface area contributed by atoms with Crippen molar-refractivity contribution in [1.82, 2.24) is 0 Å². The molecular weight excluding hydrogens is 188 g/mol. The summed E-state index contributed by atoms with van der Waals surface area (Å²) < 4.78 is 12.0. The van der Waals surface area contributed by atoms with Crippen LogP contribution in [0.3, 0.4) is 0 Å². The molecule has 2 aliphatic rings. The van der Waals surface area contributed by atoms with Crippen molar-refractivity contribution in [3.8, 4) is 0 Å². The molecule has 0 amide bonds. The molecule has 0 spiro atoms. The minimum absolute atomic E-state index is 0.0494. The van der Waals surface area contributed by atoms with Crippen LogP contribution in [0, 0.1) is 5.41 Å². The van der Waals surface area contributed by atoms with Gasteiger partial charge in [0, 0.05) is 0 Å². The first kappa shape index (κ1) is 11.2. The first-order valence-electron chi connectivity index (χ1n) is 5.78. The zero-order valence-electron chi connectivity index (χ0n) is 10.6. The van der Waals surface area contributed by atoms with Gasteiger partial charge in [0.2, 0.25) is 0 Å². The van der Waals surface area contributed by atoms with Crippen molar-refractivity contribution in [3.63, 3.8) is 0 Å². The van der Waals surface area contributed by atoms with E-state index in [2.05, 4.69) is 53.7 Å². The van der Waals surface area contributed by atoms with Crippen molar-refractivity contribution in [2.45, 2.75) is 65.0 Å². The number of hydrogen-bond acceptors (Lipinski definition) is 2. The van der Waals surface area contributed by atoms with Gasteiger partial charge < -0.3 is 9.47 Å². The summed E-state index contributed by atoms with van der Waals surface area (Å²) >= 11 is 0. The largest absolute Gasteiger partial charge is 0.363 e. The summed E-state index contributed by atoms with van der Waals surface area (Å²) in [6.07, 6.45) is 4.83. The molecule has 2 heteroatoms. The lowest BCUT2D eigenvalue weighted by Gasteiger charge is -2.44. The van der Waals surface area contributed by atoms with Crippen molar-refractivity contribution in [2.24, 2.45) is 5.41 Å². The van der Waals surface area contributed by atoms with Crippen molar-refractivity contribution < 1.29 is 9.47 Å². The lowest BCUT2D eigenvalue weighted by molar-refractivity contribution is -0.126. The summed E-state index contributed by atoms with van der Waals surface area (Å²) in [6, 6.07) is 0. The van der Waals surface area contributed by atoms with Gasteiger partial charge in [-0.25, -0.2) is 0 Å². The second-order valence-electron chi connectivity index (χ2n) is 6.03. The first-order valence-corrected chi connectivity index (χ1v) is 5.78. The van der Waals surface area contributed by atoms with Crippen LogP contribution in [0.4, 0.5) is 0 Å². The van der Waals surface area contributed by atoms with Crippen LogP contribution in [0.2, 0.25) is 0 Å². The molecule has 0 aliphatic carbocycles. The SMILES string of the molecule is CC1OC1(C)C1(C(C)(C)C)C=C[C@H](C)O1. The van der Waals surface area contributed by atoms with Crippen molar-refractivity contribution in [1.29, 1.82) is 0 Å². The minimum atomic E-state index is -0.279. The Morgan fingerprint density at radius 2 is 1.67 bits per heavy atom. The molecule has 0 aromatic heterocycles. The van der Waals surface area contributed by atoms with Crippen LogP contribution in [0.1, 0.15) is 41.5 Å². The topological polar surface area (TPSA) is 21.8 Å². The summed E-state index contributed by atoms with van der Waals surface area (Å²) in [5, 5.41) is 0. The molecule has 1 fully saturated rings. The second-order valence-corrected chi connectivity index (χ2v) is 6.03. The Labute approximate surface area is 92.6 Å². The molecule has 0 N–H and O–H groups in total. The highest BCUT2D eigenvalue weighted by atomic mass is 16.6. The third kappa shape index (κ3) is 1.31. The number of epoxide rings is 1. The lowest BCUT2D eigenvalue weighted by atomic mass is 9.68. The van der Waals surface area contributed by atoms with Gasteiger partial charge in [0.05, 0.1) is 12.2 Å². The number of ether oxygens (including phenoxy) is 2. The van der Waals surface area contributed by atoms with E-state index in [1.807, 2.05) is 0 Å². The standard InChI is InChI=1S/C13H22O2/c1-9-7-8-13(14-9,11(3,4)5)12(6)10(2)15-12/h7-10H,1-6H3/t9-,10?,12?,13?/m0/s1. The van der Waals surface area contributed by atoms with Crippen LogP contribution < -0.4 is 0 Å². The van der Waals surface area contributed by atoms with Gasteiger partial charge in [-0.1, -0.05) is 32.9 Å². The maximum absolute atomic E-state index is 6.17. The molecule has 0 aromatic rings. The van der Waals surface area contributed by atoms with Gasteiger partial charge in [-0.3, -0.25) is 0 Å². The van der Waals surface area contributed by atoms with Gasteiger partial charge in [0.15, 0.2) is 0 Å². The van der Waals surface area contributed by atoms with E-state index in [1.165, 1.54) is 0 Å². The molecule has 2 nitrogen and oxygen atoms in total. The van der Waals surface area contributed by atoms with Crippen molar-refractivity contribution >= 4 is 0 Å². The molecule has 4 atom stereocenters. The Kier molecular flexibility index (Phi) is 2.13. The van der Waals surface area contributed by atoms with E-state index < -0.39 is 0 Å². The van der Waals surface area contributed by atoms with Gasteiger partial charge >= 0.3 is 0 Å². The van der Waals surface area contributed by atoms with Gasteiger partial charge in [-0.15, -0.1) is 0 Å². The fourth-order valence-electron chi connectivity index (χ4n) is 2.82. The van der Waals surface area contributed by atoms with Gasteiger partial charge in [-0.05, 0) is 26.2 Å². The van der Waals surface area contributed by atoms with E-state index in [0.717, 1.165) is 0 Å². The van der Waals surface area contributed by atoms with E-state index in [1.54, 1.807) is 0 Å². The van der Waals surface area contributed by atoms with E-state index in [0.29, 0.717) is 0 Å². The molecule has 15 heavy (non-hydrogen) atoms. The Hall–Kier alpha value is -0.340. The molecule has 0 aromatic carbocycles. The van der Waals surface area contributed by atoms with Gasteiger partial charge in [0.1, 0.15) is 11.2 Å². The molecular formula is C13H22O2. The zero-order valence-corrected chi connectivity index (χ0v) is 10.6. The highest BCUT2D eigenvalue weighted by molar-refractivity contribution is 5.29. The molecule has 2 heterocycles. The average Bonchev–Trinajstić information content (AvgIpc) is 2.56.